The molecule has 0 aromatic heterocycles. The maximum Gasteiger partial charge on any atom is 0.241 e. The third-order valence-corrected chi connectivity index (χ3v) is 5.53. The standard InChI is InChI=1S/C19H24N2O6S.ClH/c1-12(18-11-26-15-5-3-4-6-16(15)27-18)21-10-14(22)13-7-8-17(25-2)19(9-13)28(20,23)24;/h3-9,12,14,18,21-22H,10-11H2,1-2H3,(H2,20,23,24);1H. The van der Waals surface area contributed by atoms with Gasteiger partial charge in [0.1, 0.15) is 23.4 Å². The second-order valence-electron chi connectivity index (χ2n) is 6.58. The van der Waals surface area contributed by atoms with Crippen LogP contribution in [-0.4, -0.2) is 45.9 Å². The first-order chi connectivity index (χ1) is 13.3. The molecule has 10 heteroatoms. The second-order valence-corrected chi connectivity index (χ2v) is 8.11. The van der Waals surface area contributed by atoms with Crippen molar-refractivity contribution < 1.29 is 27.7 Å². The molecule has 0 fully saturated rings. The third kappa shape index (κ3) is 5.52. The first kappa shape index (κ1) is 23.2. The Bertz CT molecular complexity index is 940. The van der Waals surface area contributed by atoms with Gasteiger partial charge in [-0.2, -0.15) is 0 Å². The van der Waals surface area contributed by atoms with Crippen molar-refractivity contribution in [2.75, 3.05) is 20.3 Å². The van der Waals surface area contributed by atoms with Crippen LogP contribution in [0.5, 0.6) is 17.2 Å². The SMILES string of the molecule is COc1ccc(C(O)CNC(C)C2COc3ccccc3O2)cc1S(N)(=O)=O.Cl. The molecule has 0 saturated heterocycles. The quantitative estimate of drug-likeness (QED) is 0.593. The molecular weight excluding hydrogens is 420 g/mol. The molecule has 8 nitrogen and oxygen atoms in total. The molecule has 3 rings (SSSR count). The number of aliphatic hydroxyl groups excluding tert-OH is 1. The molecule has 0 spiro atoms. The molecule has 0 radical (unpaired) electrons. The van der Waals surface area contributed by atoms with E-state index in [0.29, 0.717) is 23.7 Å². The predicted octanol–water partition coefficient (Wildman–Crippen LogP) is 1.62. The van der Waals surface area contributed by atoms with E-state index >= 15 is 0 Å². The molecule has 0 amide bonds. The van der Waals surface area contributed by atoms with Crippen LogP contribution in [0.25, 0.3) is 0 Å². The molecule has 2 aromatic carbocycles. The van der Waals surface area contributed by atoms with E-state index in [1.807, 2.05) is 31.2 Å². The first-order valence-corrected chi connectivity index (χ1v) is 10.3. The number of benzene rings is 2. The van der Waals surface area contributed by atoms with Crippen molar-refractivity contribution in [1.82, 2.24) is 5.32 Å². The number of hydrogen-bond acceptors (Lipinski definition) is 7. The van der Waals surface area contributed by atoms with E-state index in [0.717, 1.165) is 0 Å². The van der Waals surface area contributed by atoms with E-state index < -0.39 is 16.1 Å². The van der Waals surface area contributed by atoms with E-state index in [1.54, 1.807) is 6.07 Å². The number of methoxy groups -OCH3 is 1. The highest BCUT2D eigenvalue weighted by atomic mass is 35.5. The number of ether oxygens (including phenoxy) is 3. The zero-order chi connectivity index (χ0) is 20.3. The van der Waals surface area contributed by atoms with Crippen LogP contribution in [0.1, 0.15) is 18.6 Å². The molecule has 0 bridgehead atoms. The van der Waals surface area contributed by atoms with Crippen molar-refractivity contribution in [3.63, 3.8) is 0 Å². The number of hydrogen-bond donors (Lipinski definition) is 3. The van der Waals surface area contributed by atoms with Crippen molar-refractivity contribution in [3.05, 3.63) is 48.0 Å². The molecule has 1 heterocycles. The van der Waals surface area contributed by atoms with Crippen molar-refractivity contribution in [2.24, 2.45) is 5.14 Å². The van der Waals surface area contributed by atoms with Crippen LogP contribution in [-0.2, 0) is 10.0 Å². The molecule has 3 atom stereocenters. The van der Waals surface area contributed by atoms with Gasteiger partial charge in [-0.1, -0.05) is 18.2 Å². The highest BCUT2D eigenvalue weighted by Crippen LogP contribution is 2.31. The number of primary sulfonamides is 1. The van der Waals surface area contributed by atoms with E-state index in [-0.39, 0.29) is 41.7 Å². The van der Waals surface area contributed by atoms with Gasteiger partial charge >= 0.3 is 0 Å². The number of aliphatic hydroxyl groups is 1. The summed E-state index contributed by atoms with van der Waals surface area (Å²) in [6, 6.07) is 11.7. The topological polar surface area (TPSA) is 120 Å². The Labute approximate surface area is 176 Å². The first-order valence-electron chi connectivity index (χ1n) is 8.80. The van der Waals surface area contributed by atoms with Crippen LogP contribution < -0.4 is 24.7 Å². The molecule has 2 aromatic rings. The van der Waals surface area contributed by atoms with Crippen LogP contribution in [0.4, 0.5) is 0 Å². The molecule has 29 heavy (non-hydrogen) atoms. The number of halogens is 1. The van der Waals surface area contributed by atoms with E-state index in [9.17, 15) is 13.5 Å². The highest BCUT2D eigenvalue weighted by Gasteiger charge is 2.26. The highest BCUT2D eigenvalue weighted by molar-refractivity contribution is 7.89. The summed E-state index contributed by atoms with van der Waals surface area (Å²) in [6.45, 7) is 2.51. The predicted molar refractivity (Wildman–Crippen MR) is 110 cm³/mol. The summed E-state index contributed by atoms with van der Waals surface area (Å²) in [7, 11) is -2.62. The van der Waals surface area contributed by atoms with Crippen LogP contribution in [0.15, 0.2) is 47.4 Å². The normalized spacial score (nSPS) is 17.7. The smallest absolute Gasteiger partial charge is 0.241 e. The minimum Gasteiger partial charge on any atom is -0.495 e. The molecule has 4 N–H and O–H groups in total. The number of nitrogens with two attached hydrogens (primary N) is 1. The fourth-order valence-electron chi connectivity index (χ4n) is 2.95. The summed E-state index contributed by atoms with van der Waals surface area (Å²) in [4.78, 5) is -0.166. The zero-order valence-electron chi connectivity index (χ0n) is 16.1. The van der Waals surface area contributed by atoms with Crippen LogP contribution in [0, 0.1) is 0 Å². The van der Waals surface area contributed by atoms with Crippen LogP contribution in [0.2, 0.25) is 0 Å². The van der Waals surface area contributed by atoms with Crippen LogP contribution >= 0.6 is 12.4 Å². The van der Waals surface area contributed by atoms with Crippen molar-refractivity contribution in [2.45, 2.75) is 30.1 Å². The Morgan fingerprint density at radius 1 is 1.28 bits per heavy atom. The molecule has 3 unspecified atom stereocenters. The number of para-hydroxylation sites is 2. The lowest BCUT2D eigenvalue weighted by atomic mass is 10.1. The fourth-order valence-corrected chi connectivity index (χ4v) is 3.68. The second kappa shape index (κ2) is 9.64. The minimum absolute atomic E-state index is 0. The Hall–Kier alpha value is -2.04. The molecule has 1 aliphatic rings. The van der Waals surface area contributed by atoms with E-state index in [4.69, 9.17) is 19.3 Å². The summed E-state index contributed by atoms with van der Waals surface area (Å²) in [5, 5.41) is 18.9. The van der Waals surface area contributed by atoms with Gasteiger partial charge < -0.3 is 24.6 Å². The molecule has 0 aliphatic carbocycles. The summed E-state index contributed by atoms with van der Waals surface area (Å²) in [6.07, 6.45) is -1.16. The lowest BCUT2D eigenvalue weighted by molar-refractivity contribution is 0.0612. The van der Waals surface area contributed by atoms with Gasteiger partial charge in [-0.25, -0.2) is 13.6 Å². The number of nitrogens with one attached hydrogen (secondary N) is 1. The fraction of sp³-hybridized carbons (Fsp3) is 0.368. The van der Waals surface area contributed by atoms with Gasteiger partial charge in [0.15, 0.2) is 11.5 Å². The average Bonchev–Trinajstić information content (AvgIpc) is 2.70. The van der Waals surface area contributed by atoms with E-state index in [2.05, 4.69) is 5.32 Å². The van der Waals surface area contributed by atoms with Gasteiger partial charge in [-0.15, -0.1) is 12.4 Å². The monoisotopic (exact) mass is 444 g/mol. The van der Waals surface area contributed by atoms with Gasteiger partial charge in [-0.3, -0.25) is 0 Å². The minimum atomic E-state index is -3.97. The number of sulfonamides is 1. The van der Waals surface area contributed by atoms with Gasteiger partial charge in [0.05, 0.1) is 13.2 Å². The lowest BCUT2D eigenvalue weighted by Crippen LogP contribution is -2.47. The zero-order valence-corrected chi connectivity index (χ0v) is 17.7. The lowest BCUT2D eigenvalue weighted by Gasteiger charge is -2.31. The maximum absolute atomic E-state index is 11.7. The van der Waals surface area contributed by atoms with Crippen molar-refractivity contribution in [3.8, 4) is 17.2 Å². The molecule has 0 saturated carbocycles. The summed E-state index contributed by atoms with van der Waals surface area (Å²) in [5.41, 5.74) is 0.413. The summed E-state index contributed by atoms with van der Waals surface area (Å²) >= 11 is 0. The van der Waals surface area contributed by atoms with Gasteiger partial charge in [-0.05, 0) is 36.8 Å². The van der Waals surface area contributed by atoms with Gasteiger partial charge in [0.2, 0.25) is 10.0 Å². The number of rotatable bonds is 7. The van der Waals surface area contributed by atoms with Gasteiger partial charge in [0.25, 0.3) is 0 Å². The maximum atomic E-state index is 11.7. The van der Waals surface area contributed by atoms with Gasteiger partial charge in [0, 0.05) is 12.6 Å². The largest absolute Gasteiger partial charge is 0.495 e. The summed E-state index contributed by atoms with van der Waals surface area (Å²) < 4.78 is 40.1. The molecular formula is C19H25ClN2O6S. The Balaban J connectivity index is 0.00000300. The average molecular weight is 445 g/mol. The Kier molecular flexibility index (Phi) is 7.73. The number of fused-ring (bicyclic) bond motifs is 1. The summed E-state index contributed by atoms with van der Waals surface area (Å²) in [5.74, 6) is 1.52. The van der Waals surface area contributed by atoms with Crippen molar-refractivity contribution >= 4 is 22.4 Å². The molecule has 1 aliphatic heterocycles. The Morgan fingerprint density at radius 3 is 2.62 bits per heavy atom. The van der Waals surface area contributed by atoms with E-state index in [1.165, 1.54) is 19.2 Å². The van der Waals surface area contributed by atoms with Crippen LogP contribution in [0.3, 0.4) is 0 Å². The van der Waals surface area contributed by atoms with Crippen molar-refractivity contribution in [1.29, 1.82) is 0 Å². The third-order valence-electron chi connectivity index (χ3n) is 4.60. The molecule has 160 valence electrons. The Morgan fingerprint density at radius 2 is 1.97 bits per heavy atom.